The lowest BCUT2D eigenvalue weighted by atomic mass is 10.0. The van der Waals surface area contributed by atoms with Gasteiger partial charge in [-0.15, -0.1) is 0 Å². The molecule has 4 heteroatoms. The first kappa shape index (κ1) is 11.9. The molecule has 2 aromatic rings. The van der Waals surface area contributed by atoms with E-state index >= 15 is 0 Å². The molecular weight excluding hydrogens is 238 g/mol. The molecule has 1 aromatic carbocycles. The molecule has 0 unspecified atom stereocenters. The van der Waals surface area contributed by atoms with Crippen LogP contribution in [0.1, 0.15) is 35.9 Å². The number of aromatic nitrogens is 1. The molecule has 0 aliphatic heterocycles. The van der Waals surface area contributed by atoms with Gasteiger partial charge in [0.25, 0.3) is 5.24 Å². The minimum atomic E-state index is -0.637. The summed E-state index contributed by atoms with van der Waals surface area (Å²) in [5, 5.41) is 3.17. The van der Waals surface area contributed by atoms with E-state index in [1.165, 1.54) is 5.56 Å². The Bertz CT molecular complexity index is 529. The summed E-state index contributed by atoms with van der Waals surface area (Å²) >= 11 is 5.30. The molecule has 17 heavy (non-hydrogen) atoms. The maximum Gasteiger partial charge on any atom is 0.290 e. The van der Waals surface area contributed by atoms with Gasteiger partial charge >= 0.3 is 0 Å². The van der Waals surface area contributed by atoms with Gasteiger partial charge in [0.15, 0.2) is 0 Å². The van der Waals surface area contributed by atoms with E-state index < -0.39 is 5.24 Å². The van der Waals surface area contributed by atoms with Gasteiger partial charge in [0.1, 0.15) is 5.69 Å². The quantitative estimate of drug-likeness (QED) is 0.776. The van der Waals surface area contributed by atoms with E-state index in [4.69, 9.17) is 16.1 Å². The molecule has 0 saturated heterocycles. The Labute approximate surface area is 104 Å². The van der Waals surface area contributed by atoms with Gasteiger partial charge in [0, 0.05) is 11.6 Å². The molecule has 0 radical (unpaired) electrons. The fourth-order valence-corrected chi connectivity index (χ4v) is 1.63. The number of rotatable bonds is 3. The van der Waals surface area contributed by atoms with Crippen molar-refractivity contribution in [3.63, 3.8) is 0 Å². The Morgan fingerprint density at radius 3 is 2.41 bits per heavy atom. The monoisotopic (exact) mass is 249 g/mol. The first-order valence-corrected chi connectivity index (χ1v) is 5.72. The van der Waals surface area contributed by atoms with Crippen LogP contribution in [-0.4, -0.2) is 10.4 Å². The van der Waals surface area contributed by atoms with E-state index in [-0.39, 0.29) is 5.76 Å². The number of hydrogen-bond donors (Lipinski definition) is 0. The molecule has 0 fully saturated rings. The van der Waals surface area contributed by atoms with Crippen molar-refractivity contribution >= 4 is 16.8 Å². The molecule has 0 atom stereocenters. The maximum atomic E-state index is 10.9. The zero-order valence-electron chi connectivity index (χ0n) is 9.61. The van der Waals surface area contributed by atoms with Gasteiger partial charge in [0.05, 0.1) is 0 Å². The van der Waals surface area contributed by atoms with Crippen molar-refractivity contribution in [1.82, 2.24) is 5.16 Å². The second kappa shape index (κ2) is 4.72. The molecule has 0 bridgehead atoms. The van der Waals surface area contributed by atoms with Crippen molar-refractivity contribution in [1.29, 1.82) is 0 Å². The summed E-state index contributed by atoms with van der Waals surface area (Å²) in [5.74, 6) is 0.552. The minimum absolute atomic E-state index is 0.0644. The third-order valence-corrected chi connectivity index (χ3v) is 2.76. The van der Waals surface area contributed by atoms with Gasteiger partial charge in [-0.25, -0.2) is 0 Å². The molecule has 2 rings (SSSR count). The normalized spacial score (nSPS) is 10.8. The van der Waals surface area contributed by atoms with Crippen LogP contribution < -0.4 is 0 Å². The molecule has 1 aromatic heterocycles. The number of hydrogen-bond acceptors (Lipinski definition) is 3. The van der Waals surface area contributed by atoms with E-state index in [0.29, 0.717) is 11.6 Å². The van der Waals surface area contributed by atoms with Gasteiger partial charge in [0.2, 0.25) is 5.76 Å². The Balaban J connectivity index is 2.30. The summed E-state index contributed by atoms with van der Waals surface area (Å²) in [7, 11) is 0. The summed E-state index contributed by atoms with van der Waals surface area (Å²) in [5.41, 5.74) is 2.78. The van der Waals surface area contributed by atoms with Gasteiger partial charge in [-0.2, -0.15) is 0 Å². The van der Waals surface area contributed by atoms with Crippen LogP contribution in [0.3, 0.4) is 0 Å². The molecule has 0 aliphatic rings. The highest BCUT2D eigenvalue weighted by Gasteiger charge is 2.11. The predicted octanol–water partition coefficient (Wildman–Crippen LogP) is 3.84. The van der Waals surface area contributed by atoms with Gasteiger partial charge in [-0.3, -0.25) is 4.79 Å². The van der Waals surface area contributed by atoms with Crippen molar-refractivity contribution in [2.24, 2.45) is 0 Å². The van der Waals surface area contributed by atoms with E-state index in [1.54, 1.807) is 6.07 Å². The van der Waals surface area contributed by atoms with Crippen molar-refractivity contribution in [3.05, 3.63) is 41.7 Å². The molecule has 0 aliphatic carbocycles. The Kier molecular flexibility index (Phi) is 3.29. The zero-order chi connectivity index (χ0) is 12.4. The van der Waals surface area contributed by atoms with E-state index in [1.807, 2.05) is 24.3 Å². The van der Waals surface area contributed by atoms with Crippen LogP contribution in [0.2, 0.25) is 0 Å². The highest BCUT2D eigenvalue weighted by Crippen LogP contribution is 2.22. The Morgan fingerprint density at radius 1 is 1.29 bits per heavy atom. The highest BCUT2D eigenvalue weighted by molar-refractivity contribution is 6.67. The standard InChI is InChI=1S/C13H12ClNO2/c1-8(2)9-3-5-10(6-4-9)11-7-12(13(14)16)17-15-11/h3-8H,1-2H3. The predicted molar refractivity (Wildman–Crippen MR) is 66.2 cm³/mol. The lowest BCUT2D eigenvalue weighted by Crippen LogP contribution is -1.86. The Hall–Kier alpha value is -1.61. The summed E-state index contributed by atoms with van der Waals surface area (Å²) in [6, 6.07) is 9.53. The fraction of sp³-hybridized carbons (Fsp3) is 0.231. The SMILES string of the molecule is CC(C)c1ccc(-c2cc(C(=O)Cl)on2)cc1. The zero-order valence-corrected chi connectivity index (χ0v) is 10.4. The second-order valence-electron chi connectivity index (χ2n) is 4.13. The molecule has 0 spiro atoms. The molecule has 3 nitrogen and oxygen atoms in total. The highest BCUT2D eigenvalue weighted by atomic mass is 35.5. The lowest BCUT2D eigenvalue weighted by molar-refractivity contribution is 0.104. The molecule has 0 amide bonds. The number of carbonyl (C=O) groups is 1. The van der Waals surface area contributed by atoms with Crippen LogP contribution in [0.4, 0.5) is 0 Å². The number of benzene rings is 1. The molecular formula is C13H12ClNO2. The van der Waals surface area contributed by atoms with E-state index in [9.17, 15) is 4.79 Å². The summed E-state index contributed by atoms with van der Waals surface area (Å²) in [6.45, 7) is 4.27. The third-order valence-electron chi connectivity index (χ3n) is 2.58. The van der Waals surface area contributed by atoms with Crippen molar-refractivity contribution < 1.29 is 9.32 Å². The van der Waals surface area contributed by atoms with Crippen molar-refractivity contribution in [3.8, 4) is 11.3 Å². The maximum absolute atomic E-state index is 10.9. The number of halogens is 1. The smallest absolute Gasteiger partial charge is 0.290 e. The van der Waals surface area contributed by atoms with Crippen molar-refractivity contribution in [2.75, 3.05) is 0 Å². The number of nitrogens with zero attached hydrogens (tertiary/aromatic N) is 1. The first-order valence-electron chi connectivity index (χ1n) is 5.35. The van der Waals surface area contributed by atoms with Crippen molar-refractivity contribution in [2.45, 2.75) is 19.8 Å². The first-order chi connectivity index (χ1) is 8.08. The summed E-state index contributed by atoms with van der Waals surface area (Å²) in [6.07, 6.45) is 0. The largest absolute Gasteiger partial charge is 0.351 e. The average molecular weight is 250 g/mol. The lowest BCUT2D eigenvalue weighted by Gasteiger charge is -2.04. The van der Waals surface area contributed by atoms with Crippen LogP contribution in [0.5, 0.6) is 0 Å². The molecule has 1 heterocycles. The van der Waals surface area contributed by atoms with E-state index in [2.05, 4.69) is 19.0 Å². The second-order valence-corrected chi connectivity index (χ2v) is 4.47. The topological polar surface area (TPSA) is 43.1 Å². The van der Waals surface area contributed by atoms with Crippen LogP contribution >= 0.6 is 11.6 Å². The van der Waals surface area contributed by atoms with Gasteiger partial charge in [-0.1, -0.05) is 43.3 Å². The molecule has 0 N–H and O–H groups in total. The van der Waals surface area contributed by atoms with Gasteiger partial charge in [-0.05, 0) is 23.1 Å². The summed E-state index contributed by atoms with van der Waals surface area (Å²) < 4.78 is 4.83. The Morgan fingerprint density at radius 2 is 1.94 bits per heavy atom. The average Bonchev–Trinajstić information content (AvgIpc) is 2.78. The summed E-state index contributed by atoms with van der Waals surface area (Å²) in [4.78, 5) is 10.9. The van der Waals surface area contributed by atoms with E-state index in [0.717, 1.165) is 5.56 Å². The van der Waals surface area contributed by atoms with Crippen LogP contribution in [0, 0.1) is 0 Å². The number of carbonyl (C=O) groups excluding carboxylic acids is 1. The van der Waals surface area contributed by atoms with Gasteiger partial charge < -0.3 is 4.52 Å². The minimum Gasteiger partial charge on any atom is -0.351 e. The fourth-order valence-electron chi connectivity index (χ4n) is 1.54. The molecule has 0 saturated carbocycles. The third kappa shape index (κ3) is 2.56. The van der Waals surface area contributed by atoms with Crippen LogP contribution in [-0.2, 0) is 0 Å². The van der Waals surface area contributed by atoms with Crippen LogP contribution in [0.15, 0.2) is 34.9 Å². The molecule has 88 valence electrons. The van der Waals surface area contributed by atoms with Crippen LogP contribution in [0.25, 0.3) is 11.3 Å².